The van der Waals surface area contributed by atoms with Gasteiger partial charge in [-0.25, -0.2) is 4.79 Å². The first kappa shape index (κ1) is 16.0. The molecule has 0 aromatic heterocycles. The maximum Gasteiger partial charge on any atom is 0.337 e. The van der Waals surface area contributed by atoms with E-state index in [2.05, 4.69) is 21.2 Å². The number of hydrogen-bond acceptors (Lipinski definition) is 3. The van der Waals surface area contributed by atoms with E-state index >= 15 is 0 Å². The van der Waals surface area contributed by atoms with Crippen molar-refractivity contribution in [2.45, 2.75) is 6.92 Å². The zero-order chi connectivity index (χ0) is 16.1. The number of aromatic carboxylic acids is 1. The molecular weight excluding hydrogens is 350 g/mol. The highest BCUT2D eigenvalue weighted by Gasteiger charge is 2.14. The summed E-state index contributed by atoms with van der Waals surface area (Å²) in [6.45, 7) is 2.39. The maximum absolute atomic E-state index is 12.2. The molecule has 0 radical (unpaired) electrons. The van der Waals surface area contributed by atoms with E-state index in [0.29, 0.717) is 22.4 Å². The molecule has 0 atom stereocenters. The Bertz CT molecular complexity index is 715. The molecule has 0 heterocycles. The van der Waals surface area contributed by atoms with Crippen LogP contribution in [0.15, 0.2) is 46.9 Å². The molecule has 2 rings (SSSR count). The number of ether oxygens (including phenoxy) is 1. The smallest absolute Gasteiger partial charge is 0.337 e. The number of hydrogen-bond donors (Lipinski definition) is 2. The number of halogens is 1. The molecular formula is C16H14BrNO4. The minimum Gasteiger partial charge on any atom is -0.493 e. The normalized spacial score (nSPS) is 10.1. The topological polar surface area (TPSA) is 75.6 Å². The number of nitrogens with one attached hydrogen (secondary N) is 1. The van der Waals surface area contributed by atoms with E-state index in [0.717, 1.165) is 0 Å². The minimum absolute atomic E-state index is 0.0425. The fourth-order valence-corrected chi connectivity index (χ4v) is 2.38. The Kier molecular flexibility index (Phi) is 5.16. The average Bonchev–Trinajstić information content (AvgIpc) is 2.49. The molecule has 2 N–H and O–H groups in total. The van der Waals surface area contributed by atoms with Crippen molar-refractivity contribution in [3.8, 4) is 5.75 Å². The molecule has 6 heteroatoms. The minimum atomic E-state index is -1.09. The van der Waals surface area contributed by atoms with Gasteiger partial charge < -0.3 is 15.2 Å². The van der Waals surface area contributed by atoms with Crippen LogP contribution in [0.25, 0.3) is 0 Å². The molecule has 0 saturated carbocycles. The predicted molar refractivity (Wildman–Crippen MR) is 86.7 cm³/mol. The highest BCUT2D eigenvalue weighted by atomic mass is 79.9. The van der Waals surface area contributed by atoms with Crippen LogP contribution in [0.5, 0.6) is 5.75 Å². The highest BCUT2D eigenvalue weighted by molar-refractivity contribution is 9.10. The van der Waals surface area contributed by atoms with Gasteiger partial charge >= 0.3 is 5.97 Å². The Hall–Kier alpha value is -2.34. The molecule has 0 aliphatic heterocycles. The highest BCUT2D eigenvalue weighted by Crippen LogP contribution is 2.26. The number of carbonyl (C=O) groups is 2. The number of para-hydroxylation sites is 1. The summed E-state index contributed by atoms with van der Waals surface area (Å²) in [7, 11) is 0. The molecule has 1 amide bonds. The molecule has 2 aromatic carbocycles. The molecule has 114 valence electrons. The summed E-state index contributed by atoms with van der Waals surface area (Å²) < 4.78 is 6.04. The van der Waals surface area contributed by atoms with Crippen LogP contribution in [-0.2, 0) is 0 Å². The van der Waals surface area contributed by atoms with Crippen LogP contribution in [0.3, 0.4) is 0 Å². The van der Waals surface area contributed by atoms with Crippen molar-refractivity contribution in [3.05, 3.63) is 58.1 Å². The van der Waals surface area contributed by atoms with Gasteiger partial charge in [0.15, 0.2) is 0 Å². The summed E-state index contributed by atoms with van der Waals surface area (Å²) in [5.74, 6) is -0.841. The molecule has 22 heavy (non-hydrogen) atoms. The van der Waals surface area contributed by atoms with Crippen LogP contribution in [0.4, 0.5) is 5.69 Å². The van der Waals surface area contributed by atoms with Crippen LogP contribution < -0.4 is 10.1 Å². The number of anilines is 1. The molecule has 0 fully saturated rings. The number of rotatable bonds is 5. The third-order valence-electron chi connectivity index (χ3n) is 2.90. The zero-order valence-electron chi connectivity index (χ0n) is 11.8. The Labute approximate surface area is 136 Å². The molecule has 0 bridgehead atoms. The Balaban J connectivity index is 2.23. The second kappa shape index (κ2) is 7.09. The van der Waals surface area contributed by atoms with Crippen LogP contribution in [0, 0.1) is 0 Å². The fourth-order valence-electron chi connectivity index (χ4n) is 1.89. The fraction of sp³-hybridized carbons (Fsp3) is 0.125. The van der Waals surface area contributed by atoms with Gasteiger partial charge in [-0.15, -0.1) is 0 Å². The molecule has 0 saturated heterocycles. The molecule has 0 unspecified atom stereocenters. The van der Waals surface area contributed by atoms with Crippen LogP contribution in [0.1, 0.15) is 27.6 Å². The summed E-state index contributed by atoms with van der Waals surface area (Å²) in [6, 6.07) is 11.2. The van der Waals surface area contributed by atoms with Crippen molar-refractivity contribution in [1.29, 1.82) is 0 Å². The molecule has 5 nitrogen and oxygen atoms in total. The SMILES string of the molecule is CCOc1ccc(C(=O)Nc2ccccc2C(=O)O)cc1Br. The van der Waals surface area contributed by atoms with Gasteiger partial charge in [-0.2, -0.15) is 0 Å². The average molecular weight is 364 g/mol. The number of benzene rings is 2. The van der Waals surface area contributed by atoms with Crippen molar-refractivity contribution in [2.75, 3.05) is 11.9 Å². The lowest BCUT2D eigenvalue weighted by atomic mass is 10.1. The quantitative estimate of drug-likeness (QED) is 0.846. The lowest BCUT2D eigenvalue weighted by Crippen LogP contribution is -2.14. The van der Waals surface area contributed by atoms with E-state index in [4.69, 9.17) is 9.84 Å². The standard InChI is InChI=1S/C16H14BrNO4/c1-2-22-14-8-7-10(9-12(14)17)15(19)18-13-6-4-3-5-11(13)16(20)21/h3-9H,2H2,1H3,(H,18,19)(H,20,21). The number of amides is 1. The second-order valence-corrected chi connectivity index (χ2v) is 5.24. The number of carbonyl (C=O) groups excluding carboxylic acids is 1. The van der Waals surface area contributed by atoms with Crippen LogP contribution in [0.2, 0.25) is 0 Å². The van der Waals surface area contributed by atoms with Crippen LogP contribution >= 0.6 is 15.9 Å². The first-order valence-electron chi connectivity index (χ1n) is 6.59. The van der Waals surface area contributed by atoms with E-state index in [1.165, 1.54) is 6.07 Å². The largest absolute Gasteiger partial charge is 0.493 e. The van der Waals surface area contributed by atoms with Crippen molar-refractivity contribution in [1.82, 2.24) is 0 Å². The molecule has 0 spiro atoms. The van der Waals surface area contributed by atoms with Gasteiger partial charge in [-0.05, 0) is 53.2 Å². The van der Waals surface area contributed by atoms with Gasteiger partial charge in [0, 0.05) is 5.56 Å². The van der Waals surface area contributed by atoms with E-state index < -0.39 is 11.9 Å². The first-order valence-corrected chi connectivity index (χ1v) is 7.38. The first-order chi connectivity index (χ1) is 10.5. The van der Waals surface area contributed by atoms with Crippen molar-refractivity contribution < 1.29 is 19.4 Å². The summed E-state index contributed by atoms with van der Waals surface area (Å²) >= 11 is 3.34. The van der Waals surface area contributed by atoms with E-state index in [1.807, 2.05) is 6.92 Å². The lowest BCUT2D eigenvalue weighted by molar-refractivity contribution is 0.0698. The summed E-state index contributed by atoms with van der Waals surface area (Å²) in [4.78, 5) is 23.4. The third kappa shape index (κ3) is 3.65. The van der Waals surface area contributed by atoms with E-state index in [9.17, 15) is 9.59 Å². The van der Waals surface area contributed by atoms with Gasteiger partial charge in [0.05, 0.1) is 22.3 Å². The molecule has 2 aromatic rings. The third-order valence-corrected chi connectivity index (χ3v) is 3.52. The maximum atomic E-state index is 12.2. The van der Waals surface area contributed by atoms with Crippen molar-refractivity contribution >= 4 is 33.5 Å². The Morgan fingerprint density at radius 3 is 2.59 bits per heavy atom. The van der Waals surface area contributed by atoms with Gasteiger partial charge in [-0.3, -0.25) is 4.79 Å². The monoisotopic (exact) mass is 363 g/mol. The van der Waals surface area contributed by atoms with Crippen molar-refractivity contribution in [2.24, 2.45) is 0 Å². The summed E-state index contributed by atoms with van der Waals surface area (Å²) in [5.41, 5.74) is 0.696. The van der Waals surface area contributed by atoms with Gasteiger partial charge in [-0.1, -0.05) is 12.1 Å². The van der Waals surface area contributed by atoms with E-state index in [1.54, 1.807) is 36.4 Å². The Morgan fingerprint density at radius 2 is 1.95 bits per heavy atom. The van der Waals surface area contributed by atoms with E-state index in [-0.39, 0.29) is 11.3 Å². The van der Waals surface area contributed by atoms with Gasteiger partial charge in [0.1, 0.15) is 5.75 Å². The summed E-state index contributed by atoms with van der Waals surface area (Å²) in [6.07, 6.45) is 0. The predicted octanol–water partition coefficient (Wildman–Crippen LogP) is 3.80. The zero-order valence-corrected chi connectivity index (χ0v) is 13.4. The van der Waals surface area contributed by atoms with Crippen LogP contribution in [-0.4, -0.2) is 23.6 Å². The lowest BCUT2D eigenvalue weighted by Gasteiger charge is -2.10. The molecule has 0 aliphatic carbocycles. The van der Waals surface area contributed by atoms with Gasteiger partial charge in [0.2, 0.25) is 0 Å². The molecule has 0 aliphatic rings. The van der Waals surface area contributed by atoms with Crippen molar-refractivity contribution in [3.63, 3.8) is 0 Å². The van der Waals surface area contributed by atoms with Gasteiger partial charge in [0.25, 0.3) is 5.91 Å². The Morgan fingerprint density at radius 1 is 1.23 bits per heavy atom. The summed E-state index contributed by atoms with van der Waals surface area (Å²) in [5, 5.41) is 11.7. The second-order valence-electron chi connectivity index (χ2n) is 4.38. The number of carboxylic acid groups (broad SMARTS) is 1. The number of carboxylic acids is 1.